The zero-order valence-electron chi connectivity index (χ0n) is 7.90. The molecule has 0 heterocycles. The number of hydrogen-bond acceptors (Lipinski definition) is 5. The fourth-order valence-corrected chi connectivity index (χ4v) is 1.14. The minimum absolute atomic E-state index is 0.290. The Balaban J connectivity index is 3.01. The van der Waals surface area contributed by atoms with Crippen LogP contribution in [0.25, 0.3) is 0 Å². The van der Waals surface area contributed by atoms with Gasteiger partial charge in [-0.2, -0.15) is 0 Å². The van der Waals surface area contributed by atoms with E-state index in [1.807, 2.05) is 6.92 Å². The van der Waals surface area contributed by atoms with Crippen molar-refractivity contribution in [3.05, 3.63) is 18.2 Å². The Labute approximate surface area is 82.6 Å². The van der Waals surface area contributed by atoms with E-state index < -0.39 is 7.12 Å². The molecule has 5 N–H and O–H groups in total. The molecule has 0 aromatic heterocycles. The van der Waals surface area contributed by atoms with Crippen molar-refractivity contribution in [2.24, 2.45) is 5.84 Å². The first kappa shape index (κ1) is 10.8. The number of benzene rings is 1. The predicted molar refractivity (Wildman–Crippen MR) is 55.2 cm³/mol. The van der Waals surface area contributed by atoms with Gasteiger partial charge in [0.2, 0.25) is 0 Å². The number of hydrogen-bond donors (Lipinski definition) is 4. The quantitative estimate of drug-likeness (QED) is 0.283. The average molecular weight is 196 g/mol. The molecule has 0 bridgehead atoms. The van der Waals surface area contributed by atoms with Crippen molar-refractivity contribution in [3.8, 4) is 5.75 Å². The molecule has 0 fully saturated rings. The van der Waals surface area contributed by atoms with Gasteiger partial charge in [-0.15, -0.1) is 0 Å². The summed E-state index contributed by atoms with van der Waals surface area (Å²) in [6.07, 6.45) is 0. The fourth-order valence-electron chi connectivity index (χ4n) is 1.14. The van der Waals surface area contributed by atoms with Gasteiger partial charge in [0.05, 0.1) is 6.61 Å². The van der Waals surface area contributed by atoms with E-state index in [2.05, 4.69) is 5.43 Å². The van der Waals surface area contributed by atoms with Crippen LogP contribution in [0.15, 0.2) is 18.2 Å². The van der Waals surface area contributed by atoms with Gasteiger partial charge in [0.25, 0.3) is 0 Å². The smallest absolute Gasteiger partial charge is 0.490 e. The standard InChI is InChI=1S/C8H13BN2O3/c1-2-14-6-3-4-8(11-10)7(5-6)9(12)13/h3-5,11-13H,2,10H2,1H3. The molecule has 0 saturated heterocycles. The van der Waals surface area contributed by atoms with Crippen LogP contribution in [0, 0.1) is 0 Å². The second-order valence-corrected chi connectivity index (χ2v) is 2.70. The van der Waals surface area contributed by atoms with E-state index in [9.17, 15) is 0 Å². The van der Waals surface area contributed by atoms with Gasteiger partial charge in [-0.05, 0) is 25.1 Å². The summed E-state index contributed by atoms with van der Waals surface area (Å²) >= 11 is 0. The molecule has 0 unspecified atom stereocenters. The number of ether oxygens (including phenoxy) is 1. The Hall–Kier alpha value is -1.24. The molecule has 0 radical (unpaired) electrons. The van der Waals surface area contributed by atoms with Crippen molar-refractivity contribution in [1.82, 2.24) is 0 Å². The van der Waals surface area contributed by atoms with Crippen LogP contribution in [0.1, 0.15) is 6.92 Å². The van der Waals surface area contributed by atoms with Crippen LogP contribution >= 0.6 is 0 Å². The van der Waals surface area contributed by atoms with Gasteiger partial charge in [-0.1, -0.05) is 0 Å². The van der Waals surface area contributed by atoms with Crippen molar-refractivity contribution in [2.75, 3.05) is 12.0 Å². The van der Waals surface area contributed by atoms with Crippen LogP contribution in [0.2, 0.25) is 0 Å². The van der Waals surface area contributed by atoms with Crippen molar-refractivity contribution in [2.45, 2.75) is 6.92 Å². The van der Waals surface area contributed by atoms with Gasteiger partial charge in [-0.25, -0.2) is 0 Å². The zero-order chi connectivity index (χ0) is 10.6. The summed E-state index contributed by atoms with van der Waals surface area (Å²) in [7, 11) is -1.57. The molecule has 0 saturated carbocycles. The number of anilines is 1. The zero-order valence-corrected chi connectivity index (χ0v) is 7.90. The van der Waals surface area contributed by atoms with Crippen molar-refractivity contribution >= 4 is 18.3 Å². The fraction of sp³-hybridized carbons (Fsp3) is 0.250. The maximum absolute atomic E-state index is 9.03. The molecule has 1 aromatic rings. The molecule has 0 amide bonds. The molecule has 5 nitrogen and oxygen atoms in total. The summed E-state index contributed by atoms with van der Waals surface area (Å²) in [5.41, 5.74) is 3.12. The molecule has 6 heteroatoms. The molecule has 1 rings (SSSR count). The third kappa shape index (κ3) is 2.38. The van der Waals surface area contributed by atoms with E-state index in [1.165, 1.54) is 6.07 Å². The first-order valence-electron chi connectivity index (χ1n) is 4.28. The summed E-state index contributed by atoms with van der Waals surface area (Å²) in [6, 6.07) is 4.85. The summed E-state index contributed by atoms with van der Waals surface area (Å²) in [5, 5.41) is 18.1. The van der Waals surface area contributed by atoms with Crippen LogP contribution in [0.3, 0.4) is 0 Å². The Morgan fingerprint density at radius 2 is 2.21 bits per heavy atom. The van der Waals surface area contributed by atoms with E-state index in [0.29, 0.717) is 23.5 Å². The van der Waals surface area contributed by atoms with Crippen LogP contribution in [-0.4, -0.2) is 23.8 Å². The van der Waals surface area contributed by atoms with E-state index in [0.717, 1.165) is 0 Å². The second-order valence-electron chi connectivity index (χ2n) is 2.70. The molecule has 1 aromatic carbocycles. The molecule has 0 aliphatic rings. The normalized spacial score (nSPS) is 9.71. The van der Waals surface area contributed by atoms with Crippen LogP contribution < -0.4 is 21.5 Å². The van der Waals surface area contributed by atoms with Crippen molar-refractivity contribution < 1.29 is 14.8 Å². The lowest BCUT2D eigenvalue weighted by Gasteiger charge is -2.10. The Morgan fingerprint density at radius 3 is 2.71 bits per heavy atom. The van der Waals surface area contributed by atoms with Gasteiger partial charge in [0, 0.05) is 11.2 Å². The topological polar surface area (TPSA) is 87.7 Å². The number of rotatable bonds is 4. The highest BCUT2D eigenvalue weighted by atomic mass is 16.5. The Kier molecular flexibility index (Phi) is 3.76. The SMILES string of the molecule is CCOc1ccc(NN)c(B(O)O)c1. The largest absolute Gasteiger partial charge is 0.494 e. The average Bonchev–Trinajstić information content (AvgIpc) is 2.18. The first-order valence-corrected chi connectivity index (χ1v) is 4.28. The predicted octanol–water partition coefficient (Wildman–Crippen LogP) is -0.949. The molecule has 0 aliphatic heterocycles. The second kappa shape index (κ2) is 4.85. The van der Waals surface area contributed by atoms with E-state index >= 15 is 0 Å². The highest BCUT2D eigenvalue weighted by Crippen LogP contribution is 2.13. The third-order valence-electron chi connectivity index (χ3n) is 1.77. The lowest BCUT2D eigenvalue weighted by molar-refractivity contribution is 0.340. The van der Waals surface area contributed by atoms with Gasteiger partial charge < -0.3 is 20.2 Å². The van der Waals surface area contributed by atoms with E-state index in [4.69, 9.17) is 20.6 Å². The van der Waals surface area contributed by atoms with Gasteiger partial charge in [-0.3, -0.25) is 5.84 Å². The van der Waals surface area contributed by atoms with E-state index in [1.54, 1.807) is 12.1 Å². The number of nitrogens with two attached hydrogens (primary N) is 1. The molecule has 0 atom stereocenters. The molecule has 14 heavy (non-hydrogen) atoms. The van der Waals surface area contributed by atoms with Crippen LogP contribution in [0.5, 0.6) is 5.75 Å². The summed E-state index contributed by atoms with van der Waals surface area (Å²) < 4.78 is 5.21. The molecular weight excluding hydrogens is 183 g/mol. The van der Waals surface area contributed by atoms with E-state index in [-0.39, 0.29) is 0 Å². The minimum Gasteiger partial charge on any atom is -0.494 e. The maximum atomic E-state index is 9.03. The van der Waals surface area contributed by atoms with Gasteiger partial charge in [0.1, 0.15) is 5.75 Å². The summed E-state index contributed by atoms with van der Waals surface area (Å²) in [5.74, 6) is 5.78. The highest BCUT2D eigenvalue weighted by Gasteiger charge is 2.16. The molecule has 0 spiro atoms. The molecule has 76 valence electrons. The lowest BCUT2D eigenvalue weighted by Crippen LogP contribution is -2.33. The minimum atomic E-state index is -1.57. The first-order chi connectivity index (χ1) is 6.69. The van der Waals surface area contributed by atoms with Crippen molar-refractivity contribution in [1.29, 1.82) is 0 Å². The van der Waals surface area contributed by atoms with Gasteiger partial charge in [0.15, 0.2) is 0 Å². The molecular formula is C8H13BN2O3. The number of nitrogens with one attached hydrogen (secondary N) is 1. The number of nitrogen functional groups attached to an aromatic ring is 1. The van der Waals surface area contributed by atoms with Gasteiger partial charge >= 0.3 is 7.12 Å². The summed E-state index contributed by atoms with van der Waals surface area (Å²) in [4.78, 5) is 0. The van der Waals surface area contributed by atoms with Crippen LogP contribution in [-0.2, 0) is 0 Å². The Bertz CT molecular complexity index is 307. The lowest BCUT2D eigenvalue weighted by atomic mass is 9.79. The Morgan fingerprint density at radius 1 is 1.50 bits per heavy atom. The van der Waals surface area contributed by atoms with Crippen LogP contribution in [0.4, 0.5) is 5.69 Å². The monoisotopic (exact) mass is 196 g/mol. The molecule has 0 aliphatic carbocycles. The third-order valence-corrected chi connectivity index (χ3v) is 1.77. The van der Waals surface area contributed by atoms with Crippen molar-refractivity contribution in [3.63, 3.8) is 0 Å². The number of hydrazine groups is 1. The summed E-state index contributed by atoms with van der Waals surface area (Å²) in [6.45, 7) is 2.38. The maximum Gasteiger partial charge on any atom is 0.490 e. The highest BCUT2D eigenvalue weighted by molar-refractivity contribution is 6.60.